The Kier molecular flexibility index (Phi) is 13.4. The molecule has 6 atom stereocenters. The van der Waals surface area contributed by atoms with E-state index in [0.29, 0.717) is 12.8 Å². The van der Waals surface area contributed by atoms with Crippen molar-refractivity contribution in [1.29, 1.82) is 0 Å². The SMILES string of the molecule is CCC(C)C(NC(=O)C(NC(=O)CNC(=O)C(CC(N)=O)NC(=O)C(C)N)C(C)CC)C(=O)O. The maximum atomic E-state index is 12.8. The molecule has 194 valence electrons. The van der Waals surface area contributed by atoms with Crippen molar-refractivity contribution in [1.82, 2.24) is 21.3 Å². The molecule has 13 heteroatoms. The molecular weight excluding hydrogens is 448 g/mol. The molecule has 0 rings (SSSR count). The minimum atomic E-state index is -1.33. The molecule has 0 aromatic rings. The molecule has 34 heavy (non-hydrogen) atoms. The number of hydrogen-bond acceptors (Lipinski definition) is 7. The molecule has 0 aliphatic carbocycles. The molecule has 6 unspecified atom stereocenters. The van der Waals surface area contributed by atoms with E-state index in [-0.39, 0.29) is 11.8 Å². The topological polar surface area (TPSA) is 223 Å². The van der Waals surface area contributed by atoms with E-state index >= 15 is 0 Å². The van der Waals surface area contributed by atoms with E-state index in [1.54, 1.807) is 27.7 Å². The minimum Gasteiger partial charge on any atom is -0.480 e. The first-order valence-corrected chi connectivity index (χ1v) is 11.2. The Morgan fingerprint density at radius 2 is 1.32 bits per heavy atom. The Labute approximate surface area is 199 Å². The fourth-order valence-electron chi connectivity index (χ4n) is 2.86. The van der Waals surface area contributed by atoms with E-state index in [2.05, 4.69) is 21.3 Å². The lowest BCUT2D eigenvalue weighted by Crippen LogP contribution is -2.57. The van der Waals surface area contributed by atoms with Gasteiger partial charge in [0.05, 0.1) is 19.0 Å². The predicted molar refractivity (Wildman–Crippen MR) is 123 cm³/mol. The third-order valence-electron chi connectivity index (χ3n) is 5.46. The van der Waals surface area contributed by atoms with E-state index in [9.17, 15) is 33.9 Å². The van der Waals surface area contributed by atoms with Crippen LogP contribution in [0.25, 0.3) is 0 Å². The van der Waals surface area contributed by atoms with Gasteiger partial charge in [-0.25, -0.2) is 4.79 Å². The van der Waals surface area contributed by atoms with Gasteiger partial charge in [0.25, 0.3) is 0 Å². The zero-order valence-corrected chi connectivity index (χ0v) is 20.3. The molecule has 0 bridgehead atoms. The zero-order valence-electron chi connectivity index (χ0n) is 20.3. The van der Waals surface area contributed by atoms with Gasteiger partial charge < -0.3 is 37.8 Å². The quantitative estimate of drug-likeness (QED) is 0.136. The van der Waals surface area contributed by atoms with Crippen LogP contribution in [0.5, 0.6) is 0 Å². The summed E-state index contributed by atoms with van der Waals surface area (Å²) in [5.41, 5.74) is 10.6. The first kappa shape index (κ1) is 30.8. The summed E-state index contributed by atoms with van der Waals surface area (Å²) in [6.07, 6.45) is 0.529. The molecule has 0 radical (unpaired) electrons. The smallest absolute Gasteiger partial charge is 0.326 e. The van der Waals surface area contributed by atoms with Gasteiger partial charge in [-0.15, -0.1) is 0 Å². The fourth-order valence-corrected chi connectivity index (χ4v) is 2.86. The Bertz CT molecular complexity index is 758. The molecule has 0 spiro atoms. The van der Waals surface area contributed by atoms with E-state index < -0.39 is 72.6 Å². The highest BCUT2D eigenvalue weighted by atomic mass is 16.4. The van der Waals surface area contributed by atoms with E-state index in [1.807, 2.05) is 0 Å². The van der Waals surface area contributed by atoms with Crippen molar-refractivity contribution >= 4 is 35.5 Å². The number of aliphatic carboxylic acids is 1. The average molecular weight is 487 g/mol. The normalized spacial score (nSPS) is 16.1. The number of carbonyl (C=O) groups excluding carboxylic acids is 5. The molecule has 0 heterocycles. The fraction of sp³-hybridized carbons (Fsp3) is 0.714. The highest BCUT2D eigenvalue weighted by Gasteiger charge is 2.32. The van der Waals surface area contributed by atoms with Crippen molar-refractivity contribution < 1.29 is 33.9 Å². The van der Waals surface area contributed by atoms with Gasteiger partial charge in [0.1, 0.15) is 18.1 Å². The number of carboxylic acids is 1. The molecular formula is C21H38N6O7. The molecule has 0 aromatic heterocycles. The van der Waals surface area contributed by atoms with Gasteiger partial charge in [0.15, 0.2) is 0 Å². The van der Waals surface area contributed by atoms with Gasteiger partial charge in [0.2, 0.25) is 29.5 Å². The second kappa shape index (κ2) is 14.8. The first-order valence-electron chi connectivity index (χ1n) is 11.2. The van der Waals surface area contributed by atoms with Gasteiger partial charge in [-0.2, -0.15) is 0 Å². The Hall–Kier alpha value is -3.22. The van der Waals surface area contributed by atoms with Crippen LogP contribution in [0.1, 0.15) is 53.9 Å². The Morgan fingerprint density at radius 1 is 0.794 bits per heavy atom. The van der Waals surface area contributed by atoms with Crippen LogP contribution in [-0.2, 0) is 28.8 Å². The molecule has 13 nitrogen and oxygen atoms in total. The van der Waals surface area contributed by atoms with Crippen LogP contribution in [0.4, 0.5) is 0 Å². The standard InChI is InChI=1S/C21H38N6O7/c1-6-10(3)16(20(32)27-17(21(33)34)11(4)7-2)26-15(29)9-24-19(31)13(8-14(23)28)25-18(30)12(5)22/h10-13,16-17H,6-9,22H2,1-5H3,(H2,23,28)(H,24,31)(H,25,30)(H,26,29)(H,27,32)(H,33,34). The summed E-state index contributed by atoms with van der Waals surface area (Å²) in [4.78, 5) is 72.2. The third kappa shape index (κ3) is 10.6. The Morgan fingerprint density at radius 3 is 1.76 bits per heavy atom. The van der Waals surface area contributed by atoms with Crippen molar-refractivity contribution in [3.8, 4) is 0 Å². The lowest BCUT2D eigenvalue weighted by Gasteiger charge is -2.27. The minimum absolute atomic E-state index is 0.331. The number of nitrogens with two attached hydrogens (primary N) is 2. The summed E-state index contributed by atoms with van der Waals surface area (Å²) < 4.78 is 0. The van der Waals surface area contributed by atoms with Crippen LogP contribution in [0.2, 0.25) is 0 Å². The van der Waals surface area contributed by atoms with E-state index in [4.69, 9.17) is 11.5 Å². The summed E-state index contributed by atoms with van der Waals surface area (Å²) in [5, 5.41) is 19.0. The third-order valence-corrected chi connectivity index (χ3v) is 5.46. The van der Waals surface area contributed by atoms with Gasteiger partial charge in [0, 0.05) is 0 Å². The van der Waals surface area contributed by atoms with Gasteiger partial charge in [-0.05, 0) is 18.8 Å². The maximum Gasteiger partial charge on any atom is 0.326 e. The molecule has 0 aromatic carbocycles. The predicted octanol–water partition coefficient (Wildman–Crippen LogP) is -2.04. The van der Waals surface area contributed by atoms with Gasteiger partial charge >= 0.3 is 5.97 Å². The molecule has 0 aliphatic rings. The second-order valence-electron chi connectivity index (χ2n) is 8.38. The largest absolute Gasteiger partial charge is 0.480 e. The van der Waals surface area contributed by atoms with Crippen molar-refractivity contribution in [3.05, 3.63) is 0 Å². The molecule has 5 amide bonds. The van der Waals surface area contributed by atoms with Crippen LogP contribution < -0.4 is 32.7 Å². The summed E-state index contributed by atoms with van der Waals surface area (Å²) >= 11 is 0. The molecule has 0 fully saturated rings. The van der Waals surface area contributed by atoms with Crippen molar-refractivity contribution in [3.63, 3.8) is 0 Å². The van der Waals surface area contributed by atoms with Crippen molar-refractivity contribution in [2.75, 3.05) is 6.54 Å². The zero-order chi connectivity index (χ0) is 26.6. The summed E-state index contributed by atoms with van der Waals surface area (Å²) in [6.45, 7) is 7.84. The summed E-state index contributed by atoms with van der Waals surface area (Å²) in [5.74, 6) is -5.60. The van der Waals surface area contributed by atoms with E-state index in [1.165, 1.54) is 6.92 Å². The Balaban J connectivity index is 5.24. The lowest BCUT2D eigenvalue weighted by molar-refractivity contribution is -0.144. The highest BCUT2D eigenvalue weighted by Crippen LogP contribution is 2.12. The van der Waals surface area contributed by atoms with Gasteiger partial charge in [-0.1, -0.05) is 40.5 Å². The molecule has 0 saturated heterocycles. The molecule has 0 aliphatic heterocycles. The van der Waals surface area contributed by atoms with Crippen molar-refractivity contribution in [2.45, 2.75) is 78.0 Å². The lowest BCUT2D eigenvalue weighted by atomic mass is 9.95. The highest BCUT2D eigenvalue weighted by molar-refractivity contribution is 5.95. The number of carboxylic acid groups (broad SMARTS) is 1. The number of hydrogen-bond donors (Lipinski definition) is 7. The second-order valence-corrected chi connectivity index (χ2v) is 8.38. The van der Waals surface area contributed by atoms with Crippen LogP contribution in [-0.4, -0.2) is 71.3 Å². The van der Waals surface area contributed by atoms with Crippen molar-refractivity contribution in [2.24, 2.45) is 23.3 Å². The monoisotopic (exact) mass is 486 g/mol. The molecule has 0 saturated carbocycles. The van der Waals surface area contributed by atoms with Crippen LogP contribution in [0, 0.1) is 11.8 Å². The number of primary amides is 1. The first-order chi connectivity index (χ1) is 15.7. The maximum absolute atomic E-state index is 12.8. The van der Waals surface area contributed by atoms with Crippen LogP contribution in [0.15, 0.2) is 0 Å². The number of amides is 5. The molecule has 9 N–H and O–H groups in total. The van der Waals surface area contributed by atoms with Crippen LogP contribution >= 0.6 is 0 Å². The van der Waals surface area contributed by atoms with Gasteiger partial charge in [-0.3, -0.25) is 24.0 Å². The van der Waals surface area contributed by atoms with Crippen LogP contribution in [0.3, 0.4) is 0 Å². The number of nitrogens with one attached hydrogen (secondary N) is 4. The average Bonchev–Trinajstić information content (AvgIpc) is 2.76. The summed E-state index contributed by atoms with van der Waals surface area (Å²) in [7, 11) is 0. The summed E-state index contributed by atoms with van der Waals surface area (Å²) in [6, 6.07) is -4.43. The van der Waals surface area contributed by atoms with E-state index in [0.717, 1.165) is 0 Å². The number of rotatable bonds is 15. The number of carbonyl (C=O) groups is 6.